The van der Waals surface area contributed by atoms with Crippen LogP contribution in [0.4, 0.5) is 0 Å². The van der Waals surface area contributed by atoms with Crippen molar-refractivity contribution in [2.24, 2.45) is 0 Å². The second kappa shape index (κ2) is 2.86. The van der Waals surface area contributed by atoms with Crippen LogP contribution in [0.5, 0.6) is 0 Å². The molecule has 4 saturated heterocycles. The van der Waals surface area contributed by atoms with Gasteiger partial charge in [0.15, 0.2) is 0 Å². The quantitative estimate of drug-likeness (QED) is 0.627. The molecule has 0 amide bonds. The van der Waals surface area contributed by atoms with Gasteiger partial charge in [-0.25, -0.2) is 0 Å². The molecule has 4 fully saturated rings. The van der Waals surface area contributed by atoms with E-state index in [-0.39, 0.29) is 0 Å². The molecule has 4 aliphatic rings. The molecule has 74 valence electrons. The van der Waals surface area contributed by atoms with E-state index in [0.717, 1.165) is 3.91 Å². The molecule has 0 aromatic carbocycles. The van der Waals surface area contributed by atoms with Crippen LogP contribution < -0.4 is 0 Å². The van der Waals surface area contributed by atoms with Crippen molar-refractivity contribution in [1.82, 2.24) is 0 Å². The van der Waals surface area contributed by atoms with Crippen molar-refractivity contribution in [1.29, 1.82) is 0 Å². The minimum absolute atomic E-state index is 0.413. The van der Waals surface area contributed by atoms with Gasteiger partial charge in [-0.3, -0.25) is 0 Å². The molecule has 6 heteroatoms. The monoisotopic (exact) mass is 286 g/mol. The fraction of sp³-hybridized carbons (Fsp3) is 1.00. The third-order valence-corrected chi connectivity index (χ3v) is 12.6. The van der Waals surface area contributed by atoms with Crippen molar-refractivity contribution in [3.63, 3.8) is 0 Å². The zero-order valence-corrected chi connectivity index (χ0v) is 12.4. The van der Waals surface area contributed by atoms with Gasteiger partial charge in [0, 0.05) is 0 Å². The van der Waals surface area contributed by atoms with Crippen molar-refractivity contribution in [3.05, 3.63) is 0 Å². The average Bonchev–Trinajstić information content (AvgIpc) is 1.71. The van der Waals surface area contributed by atoms with Crippen molar-refractivity contribution in [2.75, 3.05) is 0 Å². The van der Waals surface area contributed by atoms with E-state index in [2.05, 4.69) is 91.3 Å². The topological polar surface area (TPSA) is 0 Å². The normalized spacial score (nSPS) is 64.4. The predicted octanol–water partition coefficient (Wildman–Crippen LogP) is 4.73. The molecular formula is C7H10S6. The Hall–Kier alpha value is 2.10. The lowest BCUT2D eigenvalue weighted by Crippen LogP contribution is -2.45. The molecule has 0 atom stereocenters. The van der Waals surface area contributed by atoms with Crippen molar-refractivity contribution in [2.45, 2.75) is 34.9 Å². The third-order valence-electron chi connectivity index (χ3n) is 2.04. The minimum atomic E-state index is 0.413. The smallest absolute Gasteiger partial charge is 0.108 e. The molecule has 0 spiro atoms. The van der Waals surface area contributed by atoms with E-state index >= 15 is 0 Å². The summed E-state index contributed by atoms with van der Waals surface area (Å²) in [4.78, 5) is 0. The van der Waals surface area contributed by atoms with Gasteiger partial charge in [-0.1, -0.05) is 0 Å². The Labute approximate surface area is 105 Å². The highest BCUT2D eigenvalue weighted by atomic mass is 32.4. The van der Waals surface area contributed by atoms with Gasteiger partial charge in [-0.05, 0) is 20.8 Å². The fourth-order valence-corrected chi connectivity index (χ4v) is 22.4. The van der Waals surface area contributed by atoms with Crippen LogP contribution in [0.25, 0.3) is 0 Å². The average molecular weight is 287 g/mol. The van der Waals surface area contributed by atoms with Crippen LogP contribution in [0, 0.1) is 0 Å². The molecular weight excluding hydrogens is 276 g/mol. The summed E-state index contributed by atoms with van der Waals surface area (Å²) in [5.41, 5.74) is 0. The van der Waals surface area contributed by atoms with Crippen LogP contribution in [0.3, 0.4) is 0 Å². The van der Waals surface area contributed by atoms with Crippen LogP contribution in [-0.4, -0.2) is 14.1 Å². The lowest BCUT2D eigenvalue weighted by Gasteiger charge is -2.60. The highest BCUT2D eigenvalue weighted by Crippen LogP contribution is 2.84. The summed E-state index contributed by atoms with van der Waals surface area (Å²) in [6, 6.07) is 0. The third kappa shape index (κ3) is 1.68. The van der Waals surface area contributed by atoms with E-state index in [1.54, 1.807) is 0 Å². The number of hydrogen-bond donors (Lipinski definition) is 0. The van der Waals surface area contributed by atoms with E-state index < -0.39 is 0 Å². The second-order valence-electron chi connectivity index (χ2n) is 3.54. The summed E-state index contributed by atoms with van der Waals surface area (Å²) in [6.45, 7) is 7.20. The first-order chi connectivity index (χ1) is 5.91. The van der Waals surface area contributed by atoms with Crippen molar-refractivity contribution >= 4 is 70.6 Å². The van der Waals surface area contributed by atoms with Gasteiger partial charge in [0.2, 0.25) is 0 Å². The Kier molecular flexibility index (Phi) is 2.26. The summed E-state index contributed by atoms with van der Waals surface area (Å²) in [5, 5.41) is 0. The van der Waals surface area contributed by atoms with Gasteiger partial charge >= 0.3 is 0 Å². The Morgan fingerprint density at radius 2 is 1.00 bits per heavy atom. The first kappa shape index (κ1) is 10.3. The molecule has 0 aliphatic carbocycles. The van der Waals surface area contributed by atoms with Crippen LogP contribution in [0.2, 0.25) is 0 Å². The largest absolute Gasteiger partial charge is 0.110 e. The highest BCUT2D eigenvalue weighted by Gasteiger charge is 2.62. The first-order valence-corrected chi connectivity index (χ1v) is 9.13. The highest BCUT2D eigenvalue weighted by molar-refractivity contribution is 8.64. The molecule has 4 rings (SSSR count). The van der Waals surface area contributed by atoms with Crippen LogP contribution in [0.1, 0.15) is 20.8 Å². The van der Waals surface area contributed by atoms with Gasteiger partial charge in [-0.15, -0.1) is 70.6 Å². The predicted molar refractivity (Wildman–Crippen MR) is 74.5 cm³/mol. The van der Waals surface area contributed by atoms with Crippen molar-refractivity contribution < 1.29 is 0 Å². The van der Waals surface area contributed by atoms with Crippen molar-refractivity contribution in [3.8, 4) is 0 Å². The van der Waals surface area contributed by atoms with Gasteiger partial charge in [0.1, 0.15) is 14.1 Å². The van der Waals surface area contributed by atoms with E-state index in [1.807, 2.05) is 0 Å². The molecule has 0 unspecified atom stereocenters. The summed E-state index contributed by atoms with van der Waals surface area (Å²) in [6.07, 6.45) is 0. The maximum atomic E-state index is 2.40. The molecule has 0 nitrogen and oxygen atoms in total. The number of hydrogen-bond acceptors (Lipinski definition) is 6. The van der Waals surface area contributed by atoms with E-state index in [9.17, 15) is 0 Å². The summed E-state index contributed by atoms with van der Waals surface area (Å²) in [5.74, 6) is 0. The lowest BCUT2D eigenvalue weighted by molar-refractivity contribution is 1.15. The summed E-state index contributed by atoms with van der Waals surface area (Å²) >= 11 is 12.9. The molecule has 13 heavy (non-hydrogen) atoms. The fourth-order valence-electron chi connectivity index (χ4n) is 1.81. The zero-order chi connectivity index (χ0) is 9.32. The maximum absolute atomic E-state index is 2.40. The first-order valence-electron chi connectivity index (χ1n) is 4.04. The number of rotatable bonds is 0. The Morgan fingerprint density at radius 3 is 1.23 bits per heavy atom. The lowest BCUT2D eigenvalue weighted by atomic mass is 10.9. The molecule has 0 N–H and O–H groups in total. The second-order valence-corrected chi connectivity index (χ2v) is 16.8. The zero-order valence-electron chi connectivity index (χ0n) is 7.53. The Balaban J connectivity index is 2.03. The molecule has 0 saturated carbocycles. The molecule has 0 radical (unpaired) electrons. The van der Waals surface area contributed by atoms with E-state index in [0.29, 0.717) is 10.2 Å². The number of thioether (sulfide) groups is 6. The van der Waals surface area contributed by atoms with E-state index in [1.165, 1.54) is 0 Å². The van der Waals surface area contributed by atoms with Gasteiger partial charge in [0.05, 0.1) is 0 Å². The van der Waals surface area contributed by atoms with Gasteiger partial charge < -0.3 is 0 Å². The Bertz CT molecular complexity index is 215. The molecule has 0 aromatic rings. The van der Waals surface area contributed by atoms with Crippen LogP contribution in [-0.2, 0) is 0 Å². The van der Waals surface area contributed by atoms with Crippen LogP contribution in [0.15, 0.2) is 0 Å². The summed E-state index contributed by atoms with van der Waals surface area (Å²) < 4.78 is 2.01. The van der Waals surface area contributed by atoms with Gasteiger partial charge in [0.25, 0.3) is 0 Å². The minimum Gasteiger partial charge on any atom is -0.108 e. The van der Waals surface area contributed by atoms with Crippen LogP contribution >= 0.6 is 70.6 Å². The summed E-state index contributed by atoms with van der Waals surface area (Å²) in [7, 11) is 0. The molecule has 4 aliphatic heterocycles. The standard InChI is InChI=1S/C7H10S6/c1-5-8-4-9-6(2,11-5)13-7(3,10-4)12-5/h4H,1-3H3. The Morgan fingerprint density at radius 1 is 0.692 bits per heavy atom. The molecule has 4 heterocycles. The molecule has 4 bridgehead atoms. The molecule has 0 aromatic heterocycles. The van der Waals surface area contributed by atoms with E-state index in [4.69, 9.17) is 0 Å². The van der Waals surface area contributed by atoms with Gasteiger partial charge in [-0.2, -0.15) is 0 Å². The maximum Gasteiger partial charge on any atom is 0.110 e. The SMILES string of the molecule is CC12SC3SC(C)(S1)SC(C)(S3)S2.